The van der Waals surface area contributed by atoms with Gasteiger partial charge in [0.2, 0.25) is 29.4 Å². The summed E-state index contributed by atoms with van der Waals surface area (Å²) in [6.07, 6.45) is 8.76. The van der Waals surface area contributed by atoms with Crippen LogP contribution in [0.25, 0.3) is 0 Å². The third-order valence-corrected chi connectivity index (χ3v) is 15.9. The standard InChI is InChI=1S/C62H73N7O16/c1-77-49-24-21-38(31-50(49)78-2)20-23-48(85-62(76)47-19-9-10-26-68(47)60(74)55(39-13-7-6-8-14-39)41-33-51(79-3)57(81-5)52(34-41)80-4)40-15-11-16-43(32-40)84-36-42-35-67(66-65-42)27-28-82-29-30-83-37-54(71)63-45-18-12-17-44-56(45)61(75)69(59(44)73)46-22-25-53(70)64-58(46)72/h11-12,15-18,21,24,31-35,39,46-48,55H,6-10,13-14,19-20,22-23,25-30,36-37H2,1-5H3,(H,63,71)(H,64,70,72)/t46?,47?,48-,55+/m1/s1. The number of methoxy groups -OCH3 is 5. The molecule has 452 valence electrons. The number of hydrogen-bond donors (Lipinski definition) is 2. The Kier molecular flexibility index (Phi) is 20.7. The van der Waals surface area contributed by atoms with Gasteiger partial charge < -0.3 is 52.8 Å². The molecule has 4 atom stereocenters. The normalized spacial score (nSPS) is 17.8. The number of amides is 6. The number of aryl methyl sites for hydroxylation is 1. The lowest BCUT2D eigenvalue weighted by atomic mass is 9.75. The van der Waals surface area contributed by atoms with Gasteiger partial charge in [-0.05, 0) is 123 Å². The van der Waals surface area contributed by atoms with Crippen LogP contribution in [0, 0.1) is 5.92 Å². The van der Waals surface area contributed by atoms with Crippen LogP contribution in [-0.4, -0.2) is 147 Å². The average Bonchev–Trinajstić information content (AvgIpc) is 4.33. The first-order valence-electron chi connectivity index (χ1n) is 28.8. The Morgan fingerprint density at radius 1 is 0.729 bits per heavy atom. The minimum Gasteiger partial charge on any atom is -0.493 e. The van der Waals surface area contributed by atoms with Gasteiger partial charge in [0.25, 0.3) is 11.8 Å². The van der Waals surface area contributed by atoms with Crippen molar-refractivity contribution in [3.63, 3.8) is 0 Å². The molecule has 2 unspecified atom stereocenters. The van der Waals surface area contributed by atoms with Crippen molar-refractivity contribution < 1.29 is 76.2 Å². The Morgan fingerprint density at radius 2 is 1.47 bits per heavy atom. The van der Waals surface area contributed by atoms with Crippen molar-refractivity contribution in [2.45, 2.75) is 114 Å². The molecule has 0 spiro atoms. The van der Waals surface area contributed by atoms with E-state index in [9.17, 15) is 28.8 Å². The highest BCUT2D eigenvalue weighted by molar-refractivity contribution is 6.26. The number of anilines is 1. The number of rotatable bonds is 27. The Balaban J connectivity index is 0.795. The summed E-state index contributed by atoms with van der Waals surface area (Å²) in [6, 6.07) is 19.3. The highest BCUT2D eigenvalue weighted by Crippen LogP contribution is 2.45. The Labute approximate surface area is 492 Å². The summed E-state index contributed by atoms with van der Waals surface area (Å²) in [7, 11) is 7.83. The summed E-state index contributed by atoms with van der Waals surface area (Å²) in [6.45, 7) is 0.963. The molecular weight excluding hydrogens is 1100 g/mol. The lowest BCUT2D eigenvalue weighted by molar-refractivity contribution is -0.163. The molecule has 2 N–H and O–H groups in total. The second kappa shape index (κ2) is 28.8. The summed E-state index contributed by atoms with van der Waals surface area (Å²) >= 11 is 0. The molecule has 9 rings (SSSR count). The molecule has 23 nitrogen and oxygen atoms in total. The Morgan fingerprint density at radius 3 is 2.21 bits per heavy atom. The molecule has 3 aliphatic heterocycles. The van der Waals surface area contributed by atoms with Gasteiger partial charge >= 0.3 is 5.97 Å². The highest BCUT2D eigenvalue weighted by Gasteiger charge is 2.46. The minimum absolute atomic E-state index is 0.00689. The zero-order valence-electron chi connectivity index (χ0n) is 48.6. The number of esters is 1. The van der Waals surface area contributed by atoms with E-state index in [1.807, 2.05) is 54.6 Å². The van der Waals surface area contributed by atoms with Crippen molar-refractivity contribution in [1.29, 1.82) is 0 Å². The van der Waals surface area contributed by atoms with E-state index in [1.165, 1.54) is 18.2 Å². The predicted octanol–water partition coefficient (Wildman–Crippen LogP) is 6.94. The fourth-order valence-corrected chi connectivity index (χ4v) is 11.7. The number of likely N-dealkylation sites (tertiary alicyclic amines) is 1. The first-order valence-corrected chi connectivity index (χ1v) is 28.8. The second-order valence-electron chi connectivity index (χ2n) is 21.3. The summed E-state index contributed by atoms with van der Waals surface area (Å²) in [5.41, 5.74) is 3.05. The topological polar surface area (TPSA) is 264 Å². The number of carbonyl (C=O) groups excluding carboxylic acids is 7. The number of nitrogens with one attached hydrogen (secondary N) is 2. The monoisotopic (exact) mass is 1170 g/mol. The smallest absolute Gasteiger partial charge is 0.329 e. The number of aromatic nitrogens is 3. The molecule has 0 bridgehead atoms. The Hall–Kier alpha value is -8.57. The van der Waals surface area contributed by atoms with Crippen LogP contribution >= 0.6 is 0 Å². The van der Waals surface area contributed by atoms with E-state index in [2.05, 4.69) is 20.9 Å². The zero-order valence-corrected chi connectivity index (χ0v) is 48.6. The number of nitrogens with zero attached hydrogens (tertiary/aromatic N) is 5. The van der Waals surface area contributed by atoms with Crippen LogP contribution in [0.4, 0.5) is 5.69 Å². The van der Waals surface area contributed by atoms with E-state index in [4.69, 9.17) is 42.6 Å². The molecule has 2 saturated heterocycles. The van der Waals surface area contributed by atoms with Gasteiger partial charge in [-0.2, -0.15) is 0 Å². The maximum atomic E-state index is 15.2. The van der Waals surface area contributed by atoms with E-state index in [0.29, 0.717) is 78.1 Å². The van der Waals surface area contributed by atoms with Gasteiger partial charge in [0.1, 0.15) is 42.8 Å². The SMILES string of the molecule is COc1ccc(CC[C@@H](OC(=O)C2CCCCN2C(=O)[C@H](c2cc(OC)c(OC)c(OC)c2)C2CCCCC2)c2cccc(OCc3cn(CCOCCOCC(=O)Nc4cccc5c4C(=O)N(C4CCC(=O)NC4=O)C5=O)nn3)c2)cc1OC. The first-order chi connectivity index (χ1) is 41.3. The number of benzene rings is 4. The van der Waals surface area contributed by atoms with Crippen molar-refractivity contribution in [3.05, 3.63) is 113 Å². The van der Waals surface area contributed by atoms with Crippen molar-refractivity contribution >= 4 is 47.1 Å². The number of hydrogen-bond acceptors (Lipinski definition) is 18. The third kappa shape index (κ3) is 14.5. The van der Waals surface area contributed by atoms with Crippen molar-refractivity contribution in [2.75, 3.05) is 73.8 Å². The molecule has 1 aromatic heterocycles. The molecule has 85 heavy (non-hydrogen) atoms. The molecule has 1 aliphatic carbocycles. The van der Waals surface area contributed by atoms with Crippen LogP contribution in [0.5, 0.6) is 34.5 Å². The fourth-order valence-electron chi connectivity index (χ4n) is 11.7. The van der Waals surface area contributed by atoms with E-state index < -0.39 is 59.6 Å². The van der Waals surface area contributed by atoms with Crippen molar-refractivity contribution in [2.24, 2.45) is 5.92 Å². The molecule has 3 fully saturated rings. The summed E-state index contributed by atoms with van der Waals surface area (Å²) < 4.78 is 53.9. The molecule has 0 radical (unpaired) electrons. The number of piperidine rings is 2. The van der Waals surface area contributed by atoms with Crippen LogP contribution in [-0.2, 0) is 57.8 Å². The lowest BCUT2D eigenvalue weighted by Crippen LogP contribution is -2.54. The van der Waals surface area contributed by atoms with E-state index >= 15 is 4.79 Å². The van der Waals surface area contributed by atoms with E-state index in [-0.39, 0.29) is 74.5 Å². The maximum absolute atomic E-state index is 15.2. The van der Waals surface area contributed by atoms with Crippen molar-refractivity contribution in [1.82, 2.24) is 30.1 Å². The van der Waals surface area contributed by atoms with E-state index in [0.717, 1.165) is 61.0 Å². The summed E-state index contributed by atoms with van der Waals surface area (Å²) in [5.74, 6) is -1.25. The van der Waals surface area contributed by atoms with Crippen LogP contribution < -0.4 is 39.1 Å². The maximum Gasteiger partial charge on any atom is 0.329 e. The van der Waals surface area contributed by atoms with E-state index in [1.54, 1.807) is 51.3 Å². The van der Waals surface area contributed by atoms with Gasteiger partial charge in [0, 0.05) is 13.0 Å². The van der Waals surface area contributed by atoms with Crippen LogP contribution in [0.2, 0.25) is 0 Å². The molecule has 4 aromatic carbocycles. The van der Waals surface area contributed by atoms with Gasteiger partial charge in [-0.15, -0.1) is 5.10 Å². The third-order valence-electron chi connectivity index (χ3n) is 15.9. The van der Waals surface area contributed by atoms with Gasteiger partial charge in [-0.1, -0.05) is 48.7 Å². The minimum atomic E-state index is -1.14. The molecule has 23 heteroatoms. The quantitative estimate of drug-likeness (QED) is 0.0306. The summed E-state index contributed by atoms with van der Waals surface area (Å²) in [5, 5.41) is 13.3. The molecule has 4 heterocycles. The second-order valence-corrected chi connectivity index (χ2v) is 21.3. The van der Waals surface area contributed by atoms with Crippen molar-refractivity contribution in [3.8, 4) is 34.5 Å². The molecular formula is C62H73N7O16. The van der Waals surface area contributed by atoms with Gasteiger partial charge in [-0.25, -0.2) is 9.48 Å². The largest absolute Gasteiger partial charge is 0.493 e. The van der Waals surface area contributed by atoms with Gasteiger partial charge in [0.15, 0.2) is 23.0 Å². The van der Waals surface area contributed by atoms with Crippen LogP contribution in [0.1, 0.15) is 126 Å². The molecule has 5 aromatic rings. The number of ether oxygens (including phenoxy) is 9. The van der Waals surface area contributed by atoms with Gasteiger partial charge in [0.05, 0.1) is 90.8 Å². The fraction of sp³-hybridized carbons (Fsp3) is 0.468. The van der Waals surface area contributed by atoms with Crippen LogP contribution in [0.3, 0.4) is 0 Å². The predicted molar refractivity (Wildman–Crippen MR) is 306 cm³/mol. The number of imide groups is 2. The molecule has 4 aliphatic rings. The lowest BCUT2D eigenvalue weighted by Gasteiger charge is -2.40. The first kappa shape index (κ1) is 61.0. The summed E-state index contributed by atoms with van der Waals surface area (Å²) in [4.78, 5) is 96.2. The Bertz CT molecular complexity index is 3210. The molecule has 6 amide bonds. The van der Waals surface area contributed by atoms with Gasteiger partial charge in [-0.3, -0.25) is 39.0 Å². The number of carbonyl (C=O) groups is 7. The highest BCUT2D eigenvalue weighted by atomic mass is 16.6. The zero-order chi connectivity index (χ0) is 60.0. The molecule has 1 saturated carbocycles. The van der Waals surface area contributed by atoms with Crippen LogP contribution in [0.15, 0.2) is 79.0 Å². The average molecular weight is 1170 g/mol. The number of fused-ring (bicyclic) bond motifs is 1.